The zero-order valence-corrected chi connectivity index (χ0v) is 19.2. The summed E-state index contributed by atoms with van der Waals surface area (Å²) in [6.45, 7) is 4.56. The first-order valence-corrected chi connectivity index (χ1v) is 12.3. The van der Waals surface area contributed by atoms with Crippen LogP contribution in [0.15, 0.2) is 60.7 Å². The Morgan fingerprint density at radius 3 is 2.13 bits per heavy atom. The molecular formula is C30H40. The van der Waals surface area contributed by atoms with Crippen LogP contribution in [0.2, 0.25) is 0 Å². The molecule has 0 spiro atoms. The monoisotopic (exact) mass is 400 g/mol. The van der Waals surface area contributed by atoms with Crippen molar-refractivity contribution >= 4 is 11.6 Å². The topological polar surface area (TPSA) is 0 Å². The van der Waals surface area contributed by atoms with Gasteiger partial charge in [-0.05, 0) is 78.7 Å². The van der Waals surface area contributed by atoms with Crippen LogP contribution in [0, 0.1) is 5.92 Å². The molecule has 1 aliphatic carbocycles. The molecule has 30 heavy (non-hydrogen) atoms. The minimum absolute atomic E-state index is 0.918. The number of aryl methyl sites for hydroxylation is 2. The molecule has 0 saturated carbocycles. The van der Waals surface area contributed by atoms with E-state index in [0.717, 1.165) is 18.8 Å². The molecule has 2 aromatic rings. The molecule has 0 aromatic heterocycles. The maximum atomic E-state index is 2.50. The second-order valence-corrected chi connectivity index (χ2v) is 9.00. The third-order valence-electron chi connectivity index (χ3n) is 6.51. The van der Waals surface area contributed by atoms with Gasteiger partial charge in [-0.15, -0.1) is 0 Å². The van der Waals surface area contributed by atoms with Gasteiger partial charge in [0.1, 0.15) is 0 Å². The lowest BCUT2D eigenvalue weighted by Crippen LogP contribution is -2.05. The SMILES string of the molecule is CCCCCC=Cc1ccc(CCc2ccc(C3=CCC(CCC)CC3)cc2)cc1. The first kappa shape index (κ1) is 22.6. The Morgan fingerprint density at radius 2 is 1.53 bits per heavy atom. The summed E-state index contributed by atoms with van der Waals surface area (Å²) in [7, 11) is 0. The molecule has 0 heteroatoms. The van der Waals surface area contributed by atoms with Gasteiger partial charge in [-0.2, -0.15) is 0 Å². The summed E-state index contributed by atoms with van der Waals surface area (Å²) in [6, 6.07) is 18.5. The summed E-state index contributed by atoms with van der Waals surface area (Å²) in [5.74, 6) is 0.918. The fourth-order valence-corrected chi connectivity index (χ4v) is 4.52. The first-order valence-electron chi connectivity index (χ1n) is 12.3. The van der Waals surface area contributed by atoms with E-state index < -0.39 is 0 Å². The van der Waals surface area contributed by atoms with E-state index in [9.17, 15) is 0 Å². The van der Waals surface area contributed by atoms with Gasteiger partial charge in [-0.25, -0.2) is 0 Å². The van der Waals surface area contributed by atoms with E-state index in [1.165, 1.54) is 80.0 Å². The summed E-state index contributed by atoms with van der Waals surface area (Å²) in [4.78, 5) is 0. The Bertz CT molecular complexity index is 789. The van der Waals surface area contributed by atoms with E-state index in [1.54, 1.807) is 5.57 Å². The smallest absolute Gasteiger partial charge is 0.0228 e. The quantitative estimate of drug-likeness (QED) is 0.330. The van der Waals surface area contributed by atoms with Crippen molar-refractivity contribution in [3.63, 3.8) is 0 Å². The van der Waals surface area contributed by atoms with Gasteiger partial charge < -0.3 is 0 Å². The first-order chi connectivity index (χ1) is 14.8. The summed E-state index contributed by atoms with van der Waals surface area (Å²) < 4.78 is 0. The Labute approximate surface area is 185 Å². The lowest BCUT2D eigenvalue weighted by molar-refractivity contribution is 0.445. The molecule has 0 bridgehead atoms. The van der Waals surface area contributed by atoms with Gasteiger partial charge in [0.05, 0.1) is 0 Å². The molecule has 1 unspecified atom stereocenters. The molecule has 0 amide bonds. The van der Waals surface area contributed by atoms with Gasteiger partial charge in [0.2, 0.25) is 0 Å². The van der Waals surface area contributed by atoms with Crippen molar-refractivity contribution in [2.24, 2.45) is 5.92 Å². The van der Waals surface area contributed by atoms with Crippen LogP contribution in [0.25, 0.3) is 11.6 Å². The highest BCUT2D eigenvalue weighted by Crippen LogP contribution is 2.32. The number of benzene rings is 2. The molecule has 2 aromatic carbocycles. The summed E-state index contributed by atoms with van der Waals surface area (Å²) >= 11 is 0. The van der Waals surface area contributed by atoms with Crippen LogP contribution in [0.3, 0.4) is 0 Å². The molecule has 1 aliphatic rings. The van der Waals surface area contributed by atoms with Crippen molar-refractivity contribution in [2.75, 3.05) is 0 Å². The van der Waals surface area contributed by atoms with Crippen molar-refractivity contribution < 1.29 is 0 Å². The molecule has 0 heterocycles. The summed E-state index contributed by atoms with van der Waals surface area (Å²) in [5.41, 5.74) is 7.19. The second-order valence-electron chi connectivity index (χ2n) is 9.00. The number of hydrogen-bond donors (Lipinski definition) is 0. The Kier molecular flexibility index (Phi) is 9.48. The molecule has 0 radical (unpaired) electrons. The van der Waals surface area contributed by atoms with Crippen molar-refractivity contribution in [1.82, 2.24) is 0 Å². The Hall–Kier alpha value is -2.08. The zero-order chi connectivity index (χ0) is 21.0. The van der Waals surface area contributed by atoms with Gasteiger partial charge in [0.25, 0.3) is 0 Å². The predicted octanol–water partition coefficient (Wildman–Crippen LogP) is 9.05. The molecule has 0 fully saturated rings. The Morgan fingerprint density at radius 1 is 0.833 bits per heavy atom. The van der Waals surface area contributed by atoms with Crippen molar-refractivity contribution in [3.8, 4) is 0 Å². The van der Waals surface area contributed by atoms with Gasteiger partial charge >= 0.3 is 0 Å². The van der Waals surface area contributed by atoms with E-state index in [2.05, 4.69) is 80.6 Å². The molecule has 0 N–H and O–H groups in total. The average molecular weight is 401 g/mol. The van der Waals surface area contributed by atoms with Crippen LogP contribution in [0.1, 0.15) is 93.9 Å². The summed E-state index contributed by atoms with van der Waals surface area (Å²) in [6.07, 6.45) is 21.0. The van der Waals surface area contributed by atoms with Gasteiger partial charge in [0.15, 0.2) is 0 Å². The highest BCUT2D eigenvalue weighted by molar-refractivity contribution is 5.66. The fraction of sp³-hybridized carbons (Fsp3) is 0.467. The Balaban J connectivity index is 1.46. The van der Waals surface area contributed by atoms with Crippen LogP contribution in [0.5, 0.6) is 0 Å². The molecule has 0 aliphatic heterocycles. The van der Waals surface area contributed by atoms with Crippen LogP contribution >= 0.6 is 0 Å². The molecule has 0 nitrogen and oxygen atoms in total. The van der Waals surface area contributed by atoms with E-state index in [4.69, 9.17) is 0 Å². The van der Waals surface area contributed by atoms with Gasteiger partial charge in [0, 0.05) is 0 Å². The van der Waals surface area contributed by atoms with Crippen LogP contribution < -0.4 is 0 Å². The maximum absolute atomic E-state index is 2.50. The largest absolute Gasteiger partial charge is 0.0839 e. The predicted molar refractivity (Wildman–Crippen MR) is 134 cm³/mol. The highest BCUT2D eigenvalue weighted by Gasteiger charge is 2.14. The number of allylic oxidation sites excluding steroid dienone is 3. The lowest BCUT2D eigenvalue weighted by Gasteiger charge is -2.21. The van der Waals surface area contributed by atoms with Gasteiger partial charge in [-0.3, -0.25) is 0 Å². The number of unbranched alkanes of at least 4 members (excludes halogenated alkanes) is 3. The van der Waals surface area contributed by atoms with Crippen LogP contribution in [-0.2, 0) is 12.8 Å². The minimum Gasteiger partial charge on any atom is -0.0839 e. The second kappa shape index (κ2) is 12.6. The van der Waals surface area contributed by atoms with E-state index in [1.807, 2.05) is 0 Å². The lowest BCUT2D eigenvalue weighted by atomic mass is 9.84. The van der Waals surface area contributed by atoms with Crippen molar-refractivity contribution in [2.45, 2.75) is 84.5 Å². The van der Waals surface area contributed by atoms with Crippen LogP contribution in [-0.4, -0.2) is 0 Å². The van der Waals surface area contributed by atoms with Crippen molar-refractivity contribution in [1.29, 1.82) is 0 Å². The molecule has 160 valence electrons. The van der Waals surface area contributed by atoms with Crippen molar-refractivity contribution in [3.05, 3.63) is 82.9 Å². The third-order valence-corrected chi connectivity index (χ3v) is 6.51. The normalized spacial score (nSPS) is 16.7. The maximum Gasteiger partial charge on any atom is -0.0228 e. The van der Waals surface area contributed by atoms with E-state index >= 15 is 0 Å². The van der Waals surface area contributed by atoms with Crippen LogP contribution in [0.4, 0.5) is 0 Å². The average Bonchev–Trinajstić information content (AvgIpc) is 2.79. The minimum atomic E-state index is 0.918. The zero-order valence-electron chi connectivity index (χ0n) is 19.2. The standard InChI is InChI=1S/C30H40/c1-3-5-6-7-8-10-26-11-13-27(14-12-26)15-16-28-19-23-30(24-20-28)29-21-17-25(9-4-2)18-22-29/h8,10-14,19-21,23-25H,3-7,9,15-18,22H2,1-2H3. The summed E-state index contributed by atoms with van der Waals surface area (Å²) in [5, 5.41) is 0. The molecule has 0 saturated heterocycles. The third kappa shape index (κ3) is 7.31. The molecule has 1 atom stereocenters. The number of rotatable bonds is 11. The van der Waals surface area contributed by atoms with Gasteiger partial charge in [-0.1, -0.05) is 106 Å². The fourth-order valence-electron chi connectivity index (χ4n) is 4.52. The van der Waals surface area contributed by atoms with E-state index in [-0.39, 0.29) is 0 Å². The molecular weight excluding hydrogens is 360 g/mol. The number of hydrogen-bond acceptors (Lipinski definition) is 0. The highest BCUT2D eigenvalue weighted by atomic mass is 14.2. The van der Waals surface area contributed by atoms with E-state index in [0.29, 0.717) is 0 Å². The molecule has 3 rings (SSSR count).